The van der Waals surface area contributed by atoms with E-state index in [2.05, 4.69) is 4.98 Å². The summed E-state index contributed by atoms with van der Waals surface area (Å²) in [6, 6.07) is -3.00. The summed E-state index contributed by atoms with van der Waals surface area (Å²) in [6.07, 6.45) is -4.11. The molecule has 0 unspecified atom stereocenters. The lowest BCUT2D eigenvalue weighted by atomic mass is 9.98. The fourth-order valence-corrected chi connectivity index (χ4v) is 6.00. The average Bonchev–Trinajstić information content (AvgIpc) is 3.63. The zero-order valence-electron chi connectivity index (χ0n) is 39.3. The van der Waals surface area contributed by atoms with E-state index in [-0.39, 0.29) is 10.9 Å². The molecule has 254 valence electrons. The highest BCUT2D eigenvalue weighted by Crippen LogP contribution is 2.32. The van der Waals surface area contributed by atoms with E-state index in [1.807, 2.05) is 0 Å². The molecule has 1 aliphatic rings. The van der Waals surface area contributed by atoms with E-state index in [0.29, 0.717) is 41.0 Å². The molecule has 4 aromatic rings. The van der Waals surface area contributed by atoms with Crippen LogP contribution in [0, 0.1) is 12.7 Å². The summed E-state index contributed by atoms with van der Waals surface area (Å²) >= 11 is 1.04. The second-order valence-corrected chi connectivity index (χ2v) is 11.7. The van der Waals surface area contributed by atoms with Crippen molar-refractivity contribution in [3.05, 3.63) is 116 Å². The van der Waals surface area contributed by atoms with Crippen LogP contribution in [-0.2, 0) is 42.6 Å². The molecule has 0 saturated heterocycles. The van der Waals surface area contributed by atoms with Crippen LogP contribution in [0.25, 0.3) is 11.1 Å². The summed E-state index contributed by atoms with van der Waals surface area (Å²) < 4.78 is 168. The Morgan fingerprint density at radius 2 is 1.71 bits per heavy atom. The van der Waals surface area contributed by atoms with Crippen molar-refractivity contribution in [1.82, 2.24) is 19.4 Å². The number of hydrogen-bond acceptors (Lipinski definition) is 5. The van der Waals surface area contributed by atoms with Gasteiger partial charge in [0.15, 0.2) is 5.16 Å². The Bertz CT molecular complexity index is 2370. The SMILES string of the molecule is [2H]c1c([2H])c(C(F)(F)F)c([2H])c([2H])c1-c1c([2H])c([2H])c(C([2H])([2H])N(CCN(C([2H])([2H])C)C([2H])([2H])C)C(=O)Cn2c(SCc3ccc(F)cc3)nc(=O)c3c2CCC3)c(C)c1[2H]. The zero-order valence-corrected chi connectivity index (χ0v) is 27.1. The van der Waals surface area contributed by atoms with Gasteiger partial charge in [0.25, 0.3) is 5.56 Å². The first-order valence-corrected chi connectivity index (χ1v) is 15.9. The number of fused-ring (bicyclic) bond motifs is 1. The Morgan fingerprint density at radius 3 is 2.38 bits per heavy atom. The van der Waals surface area contributed by atoms with Gasteiger partial charge in [-0.15, -0.1) is 0 Å². The Hall–Kier alpha value is -3.96. The van der Waals surface area contributed by atoms with Gasteiger partial charge in [-0.05, 0) is 91.2 Å². The van der Waals surface area contributed by atoms with Crippen LogP contribution in [-0.4, -0.2) is 51.3 Å². The molecule has 1 amide bonds. The van der Waals surface area contributed by atoms with Crippen molar-refractivity contribution >= 4 is 17.7 Å². The lowest BCUT2D eigenvalue weighted by Gasteiger charge is -2.28. The number of benzene rings is 3. The van der Waals surface area contributed by atoms with Crippen LogP contribution >= 0.6 is 11.8 Å². The van der Waals surface area contributed by atoms with Crippen molar-refractivity contribution < 1.29 is 40.2 Å². The number of aromatic nitrogens is 2. The number of amides is 1. The van der Waals surface area contributed by atoms with Crippen molar-refractivity contribution in [3.8, 4) is 11.1 Å². The van der Waals surface area contributed by atoms with Crippen molar-refractivity contribution in [3.63, 3.8) is 0 Å². The molecule has 1 heterocycles. The lowest BCUT2D eigenvalue weighted by Crippen LogP contribution is -2.40. The number of halogens is 4. The molecule has 0 spiro atoms. The van der Waals surface area contributed by atoms with E-state index < -0.39 is 133 Å². The number of alkyl halides is 3. The second kappa shape index (κ2) is 15.5. The van der Waals surface area contributed by atoms with Crippen molar-refractivity contribution in [2.45, 2.75) is 70.2 Å². The molecule has 1 aromatic heterocycles. The molecule has 0 aliphatic heterocycles. The highest BCUT2D eigenvalue weighted by atomic mass is 32.2. The molecule has 0 atom stereocenters. The van der Waals surface area contributed by atoms with Crippen LogP contribution < -0.4 is 5.56 Å². The first-order chi connectivity index (χ1) is 28.0. The predicted molar refractivity (Wildman–Crippen MR) is 181 cm³/mol. The number of rotatable bonds is 13. The van der Waals surface area contributed by atoms with Crippen molar-refractivity contribution in [2.24, 2.45) is 0 Å². The van der Waals surface area contributed by atoms with Gasteiger partial charge in [-0.25, -0.2) is 4.39 Å². The van der Waals surface area contributed by atoms with Gasteiger partial charge in [0.2, 0.25) is 5.91 Å². The molecule has 0 radical (unpaired) electrons. The number of carbonyl (C=O) groups is 1. The molecule has 1 aliphatic carbocycles. The van der Waals surface area contributed by atoms with E-state index in [0.717, 1.165) is 37.4 Å². The van der Waals surface area contributed by atoms with Gasteiger partial charge in [0.1, 0.15) is 12.4 Å². The molecule has 5 rings (SSSR count). The zero-order chi connectivity index (χ0) is 45.9. The van der Waals surface area contributed by atoms with Crippen molar-refractivity contribution in [1.29, 1.82) is 0 Å². The summed E-state index contributed by atoms with van der Waals surface area (Å²) in [4.78, 5) is 33.3. The van der Waals surface area contributed by atoms with E-state index in [9.17, 15) is 29.9 Å². The molecule has 6 nitrogen and oxygen atoms in total. The highest BCUT2D eigenvalue weighted by molar-refractivity contribution is 7.98. The van der Waals surface area contributed by atoms with Crippen LogP contribution in [0.4, 0.5) is 17.6 Å². The van der Waals surface area contributed by atoms with Gasteiger partial charge in [-0.2, -0.15) is 18.2 Å². The molecule has 0 fully saturated rings. The van der Waals surface area contributed by atoms with Crippen molar-refractivity contribution in [2.75, 3.05) is 26.1 Å². The molecular formula is C37H40F4N4O2S. The van der Waals surface area contributed by atoms with Crippen LogP contribution in [0.1, 0.15) is 71.6 Å². The molecule has 0 bridgehead atoms. The van der Waals surface area contributed by atoms with E-state index in [1.165, 1.54) is 28.8 Å². The average molecular weight is 694 g/mol. The summed E-state index contributed by atoms with van der Waals surface area (Å²) in [6.45, 7) is -6.85. The predicted octanol–water partition coefficient (Wildman–Crippen LogP) is 7.53. The largest absolute Gasteiger partial charge is 0.416 e. The Morgan fingerprint density at radius 1 is 1.02 bits per heavy atom. The molecule has 0 N–H and O–H groups in total. The van der Waals surface area contributed by atoms with E-state index >= 15 is 0 Å². The van der Waals surface area contributed by atoms with E-state index in [4.69, 9.17) is 15.1 Å². The fraction of sp³-hybridized carbons (Fsp3) is 0.378. The first kappa shape index (κ1) is 21.9. The molecule has 11 heteroatoms. The minimum absolute atomic E-state index is 0.0558. The summed E-state index contributed by atoms with van der Waals surface area (Å²) in [7, 11) is 0. The standard InChI is InChI=1S/C37H40F4N4O2S/c1-4-43(5-2)19-20-44(22-29-12-11-28(21-25(29)3)27-13-15-30(16-14-27)37(39,40)41)34(46)23-45-33-8-6-7-32(33)35(47)42-36(45)48-24-26-9-17-31(38)18-10-26/h9-18,21H,4-8,19-20,22-24H2,1-3H3/i4D2,5D2,11D,12D,13D,14D,15D,16D,21D,22D2. The maximum absolute atomic E-state index is 14.7. The van der Waals surface area contributed by atoms with Gasteiger partial charge >= 0.3 is 6.18 Å². The van der Waals surface area contributed by atoms with Gasteiger partial charge in [-0.3, -0.25) is 9.59 Å². The third kappa shape index (κ3) is 8.54. The lowest BCUT2D eigenvalue weighted by molar-refractivity contribution is -0.137. The summed E-state index contributed by atoms with van der Waals surface area (Å²) in [5.74, 6) is -1.36. The normalized spacial score (nSPS) is 17.6. The topological polar surface area (TPSA) is 58.4 Å². The maximum atomic E-state index is 14.7. The Labute approximate surface area is 301 Å². The van der Waals surface area contributed by atoms with Gasteiger partial charge in [-0.1, -0.05) is 68.0 Å². The number of carbonyl (C=O) groups excluding carboxylic acids is 1. The highest BCUT2D eigenvalue weighted by Gasteiger charge is 2.30. The number of hydrogen-bond donors (Lipinski definition) is 0. The number of thioether (sulfide) groups is 1. The molecule has 48 heavy (non-hydrogen) atoms. The first-order valence-electron chi connectivity index (χ1n) is 21.4. The number of nitrogens with zero attached hydrogens (tertiary/aromatic N) is 4. The third-order valence-corrected chi connectivity index (χ3v) is 8.62. The van der Waals surface area contributed by atoms with Gasteiger partial charge in [0.05, 0.1) is 17.9 Å². The quantitative estimate of drug-likeness (QED) is 0.0824. The molecular weight excluding hydrogens is 640 g/mol. The van der Waals surface area contributed by atoms with Crippen LogP contribution in [0.5, 0.6) is 0 Å². The molecule has 0 saturated carbocycles. The van der Waals surface area contributed by atoms with Gasteiger partial charge in [0, 0.05) is 42.1 Å². The van der Waals surface area contributed by atoms with Gasteiger partial charge < -0.3 is 14.4 Å². The summed E-state index contributed by atoms with van der Waals surface area (Å²) in [5, 5.41) is 0.0558. The maximum Gasteiger partial charge on any atom is 0.416 e. The van der Waals surface area contributed by atoms with Crippen LogP contribution in [0.15, 0.2) is 76.5 Å². The van der Waals surface area contributed by atoms with Crippen LogP contribution in [0.3, 0.4) is 0 Å². The Balaban J connectivity index is 1.68. The van der Waals surface area contributed by atoms with Crippen LogP contribution in [0.2, 0.25) is 0 Å². The summed E-state index contributed by atoms with van der Waals surface area (Å²) in [5.41, 5.74) is -3.97. The molecule has 3 aromatic carbocycles. The number of likely N-dealkylation sites (N-methyl/N-ethyl adjacent to an activating group) is 1. The Kier molecular flexibility index (Phi) is 7.07. The fourth-order valence-electron chi connectivity index (χ4n) is 5.04. The minimum Gasteiger partial charge on any atom is -0.336 e. The minimum atomic E-state index is -5.31. The van der Waals surface area contributed by atoms with E-state index in [1.54, 1.807) is 0 Å². The smallest absolute Gasteiger partial charge is 0.336 e. The third-order valence-electron chi connectivity index (χ3n) is 7.57. The monoisotopic (exact) mass is 693 g/mol. The second-order valence-electron chi connectivity index (χ2n) is 10.7.